The van der Waals surface area contributed by atoms with E-state index in [1.54, 1.807) is 24.3 Å². The minimum Gasteiger partial charge on any atom is -0.249 e. The van der Waals surface area contributed by atoms with Gasteiger partial charge in [-0.1, -0.05) is 54.1 Å². The molecule has 2 aromatic rings. The van der Waals surface area contributed by atoms with Crippen molar-refractivity contribution in [3.63, 3.8) is 0 Å². The van der Waals surface area contributed by atoms with Gasteiger partial charge in [0.05, 0.1) is 0 Å². The van der Waals surface area contributed by atoms with E-state index in [2.05, 4.69) is 4.99 Å². The van der Waals surface area contributed by atoms with Gasteiger partial charge in [-0.15, -0.1) is 0 Å². The van der Waals surface area contributed by atoms with Crippen molar-refractivity contribution in [1.29, 1.82) is 0 Å². The van der Waals surface area contributed by atoms with E-state index in [0.717, 1.165) is 11.3 Å². The Morgan fingerprint density at radius 2 is 1.57 bits per heavy atom. The van der Waals surface area contributed by atoms with Crippen molar-refractivity contribution in [1.82, 2.24) is 0 Å². The Morgan fingerprint density at radius 3 is 2.26 bits per heavy atom. The van der Waals surface area contributed by atoms with Crippen LogP contribution in [0.25, 0.3) is 5.70 Å². The standard InChI is InChI=1S/C19H14ClF2N/c20-15-11-9-14(10-12-15)19-18(22)16(21)7-4-8-17(23-19)13-5-2-1-3-6-13/h1-3,5-7,9-12H,4,8H2/b16-7+,19-18+,23-17?. The molecule has 1 nitrogen and oxygen atoms in total. The smallest absolute Gasteiger partial charge is 0.184 e. The highest BCUT2D eigenvalue weighted by Crippen LogP contribution is 2.31. The van der Waals surface area contributed by atoms with Crippen molar-refractivity contribution < 1.29 is 8.78 Å². The van der Waals surface area contributed by atoms with E-state index in [0.29, 0.717) is 23.4 Å². The average Bonchev–Trinajstić information content (AvgIpc) is 2.58. The first-order valence-corrected chi connectivity index (χ1v) is 7.67. The van der Waals surface area contributed by atoms with Crippen LogP contribution in [0, 0.1) is 0 Å². The summed E-state index contributed by atoms with van der Waals surface area (Å²) in [5.41, 5.74) is 2.12. The minimum absolute atomic E-state index is 0.00558. The van der Waals surface area contributed by atoms with Crippen molar-refractivity contribution in [3.05, 3.63) is 88.5 Å². The normalized spacial score (nSPS) is 21.0. The fourth-order valence-electron chi connectivity index (χ4n) is 2.42. The zero-order chi connectivity index (χ0) is 16.2. The quantitative estimate of drug-likeness (QED) is 0.630. The van der Waals surface area contributed by atoms with E-state index in [1.807, 2.05) is 30.3 Å². The Morgan fingerprint density at radius 1 is 0.870 bits per heavy atom. The summed E-state index contributed by atoms with van der Waals surface area (Å²) in [5, 5.41) is 0.531. The lowest BCUT2D eigenvalue weighted by atomic mass is 10.0. The summed E-state index contributed by atoms with van der Waals surface area (Å²) in [6.07, 6.45) is 2.21. The lowest BCUT2D eigenvalue weighted by Gasteiger charge is -2.12. The van der Waals surface area contributed by atoms with Gasteiger partial charge in [-0.3, -0.25) is 0 Å². The second kappa shape index (κ2) is 6.88. The number of allylic oxidation sites excluding steroid dienone is 3. The van der Waals surface area contributed by atoms with Crippen molar-refractivity contribution in [2.75, 3.05) is 0 Å². The fourth-order valence-corrected chi connectivity index (χ4v) is 2.54. The lowest BCUT2D eigenvalue weighted by Crippen LogP contribution is -2.04. The van der Waals surface area contributed by atoms with Gasteiger partial charge in [0, 0.05) is 16.3 Å². The maximum Gasteiger partial charge on any atom is 0.184 e. The van der Waals surface area contributed by atoms with Gasteiger partial charge in [0.1, 0.15) is 5.70 Å². The molecule has 0 spiro atoms. The molecule has 0 aliphatic carbocycles. The summed E-state index contributed by atoms with van der Waals surface area (Å²) in [7, 11) is 0. The molecule has 4 heteroatoms. The number of benzene rings is 2. The first kappa shape index (κ1) is 15.6. The molecule has 3 rings (SSSR count). The minimum atomic E-state index is -0.944. The monoisotopic (exact) mass is 329 g/mol. The van der Waals surface area contributed by atoms with Crippen LogP contribution in [0.15, 0.2) is 77.3 Å². The van der Waals surface area contributed by atoms with E-state index >= 15 is 0 Å². The highest BCUT2D eigenvalue weighted by atomic mass is 35.5. The molecule has 2 aromatic carbocycles. The number of rotatable bonds is 2. The summed E-state index contributed by atoms with van der Waals surface area (Å²) >= 11 is 5.87. The Kier molecular flexibility index (Phi) is 4.68. The van der Waals surface area contributed by atoms with Crippen molar-refractivity contribution in [2.24, 2.45) is 4.99 Å². The van der Waals surface area contributed by atoms with Gasteiger partial charge < -0.3 is 0 Å². The molecule has 0 atom stereocenters. The zero-order valence-corrected chi connectivity index (χ0v) is 13.0. The predicted molar refractivity (Wildman–Crippen MR) is 90.9 cm³/mol. The van der Waals surface area contributed by atoms with E-state index in [9.17, 15) is 8.78 Å². The molecule has 0 unspecified atom stereocenters. The van der Waals surface area contributed by atoms with Crippen LogP contribution in [0.2, 0.25) is 5.02 Å². The molecule has 0 amide bonds. The summed E-state index contributed by atoms with van der Waals surface area (Å²) in [5.74, 6) is -1.81. The molecule has 0 fully saturated rings. The molecule has 0 saturated carbocycles. The molecule has 0 aromatic heterocycles. The maximum atomic E-state index is 14.5. The number of aliphatic imine (C=N–C) groups is 1. The molecular weight excluding hydrogens is 316 g/mol. The summed E-state index contributed by atoms with van der Waals surface area (Å²) < 4.78 is 28.3. The molecule has 0 radical (unpaired) electrons. The summed E-state index contributed by atoms with van der Waals surface area (Å²) in [4.78, 5) is 4.43. The SMILES string of the molecule is FC1=C/CCC(c2ccccc2)=N/C(c2ccc(Cl)cc2)=C\1F. The van der Waals surface area contributed by atoms with Crippen LogP contribution in [0.1, 0.15) is 24.0 Å². The Bertz CT molecular complexity index is 790. The second-order valence-electron chi connectivity index (χ2n) is 5.18. The molecule has 1 heterocycles. The molecule has 23 heavy (non-hydrogen) atoms. The highest BCUT2D eigenvalue weighted by Gasteiger charge is 2.17. The fraction of sp³-hybridized carbons (Fsp3) is 0.105. The Hall–Kier alpha value is -2.26. The van der Waals surface area contributed by atoms with Crippen molar-refractivity contribution >= 4 is 23.0 Å². The lowest BCUT2D eigenvalue weighted by molar-refractivity contribution is 0.542. The Labute approximate surface area is 138 Å². The van der Waals surface area contributed by atoms with Gasteiger partial charge in [0.25, 0.3) is 0 Å². The number of hydrogen-bond acceptors (Lipinski definition) is 1. The molecule has 1 aliphatic heterocycles. The first-order chi connectivity index (χ1) is 11.1. The first-order valence-electron chi connectivity index (χ1n) is 7.30. The number of nitrogens with zero attached hydrogens (tertiary/aromatic N) is 1. The van der Waals surface area contributed by atoms with E-state index in [1.165, 1.54) is 6.08 Å². The third-order valence-electron chi connectivity index (χ3n) is 3.59. The van der Waals surface area contributed by atoms with E-state index in [4.69, 9.17) is 11.6 Å². The molecular formula is C19H14ClF2N. The van der Waals surface area contributed by atoms with Gasteiger partial charge in [-0.05, 0) is 36.6 Å². The highest BCUT2D eigenvalue weighted by molar-refractivity contribution is 6.30. The molecule has 0 bridgehead atoms. The molecule has 116 valence electrons. The number of hydrogen-bond donors (Lipinski definition) is 0. The third kappa shape index (κ3) is 3.57. The van der Waals surface area contributed by atoms with Gasteiger partial charge in [-0.25, -0.2) is 13.8 Å². The summed E-state index contributed by atoms with van der Waals surface area (Å²) in [6, 6.07) is 16.1. The van der Waals surface area contributed by atoms with Gasteiger partial charge in [0.15, 0.2) is 11.7 Å². The topological polar surface area (TPSA) is 12.4 Å². The van der Waals surface area contributed by atoms with Crippen LogP contribution in [0.3, 0.4) is 0 Å². The van der Waals surface area contributed by atoms with E-state index < -0.39 is 11.7 Å². The van der Waals surface area contributed by atoms with Crippen LogP contribution in [0.4, 0.5) is 8.78 Å². The molecule has 0 N–H and O–H groups in total. The number of halogens is 3. The van der Waals surface area contributed by atoms with E-state index in [-0.39, 0.29) is 5.70 Å². The van der Waals surface area contributed by atoms with Gasteiger partial charge in [0.2, 0.25) is 0 Å². The maximum absolute atomic E-state index is 14.5. The Balaban J connectivity index is 2.14. The average molecular weight is 330 g/mol. The van der Waals surface area contributed by atoms with Crippen LogP contribution >= 0.6 is 11.6 Å². The zero-order valence-electron chi connectivity index (χ0n) is 12.3. The van der Waals surface area contributed by atoms with Crippen LogP contribution < -0.4 is 0 Å². The molecule has 1 aliphatic rings. The van der Waals surface area contributed by atoms with Crippen LogP contribution in [0.5, 0.6) is 0 Å². The second-order valence-corrected chi connectivity index (χ2v) is 5.62. The van der Waals surface area contributed by atoms with Gasteiger partial charge >= 0.3 is 0 Å². The third-order valence-corrected chi connectivity index (χ3v) is 3.85. The van der Waals surface area contributed by atoms with Gasteiger partial charge in [-0.2, -0.15) is 0 Å². The van der Waals surface area contributed by atoms with Crippen LogP contribution in [-0.4, -0.2) is 5.71 Å². The van der Waals surface area contributed by atoms with Crippen molar-refractivity contribution in [3.8, 4) is 0 Å². The van der Waals surface area contributed by atoms with Crippen molar-refractivity contribution in [2.45, 2.75) is 12.8 Å². The van der Waals surface area contributed by atoms with Crippen LogP contribution in [-0.2, 0) is 0 Å². The summed E-state index contributed by atoms with van der Waals surface area (Å²) in [6.45, 7) is 0. The largest absolute Gasteiger partial charge is 0.249 e. The molecule has 0 saturated heterocycles. The predicted octanol–water partition coefficient (Wildman–Crippen LogP) is 6.11.